The zero-order valence-corrected chi connectivity index (χ0v) is 20.5. The maximum absolute atomic E-state index is 13.1. The normalized spacial score (nSPS) is 18.6. The van der Waals surface area contributed by atoms with Gasteiger partial charge in [-0.05, 0) is 50.1 Å². The summed E-state index contributed by atoms with van der Waals surface area (Å²) in [6.07, 6.45) is 3.65. The molecule has 10 heteroatoms. The van der Waals surface area contributed by atoms with E-state index in [-0.39, 0.29) is 34.2 Å². The molecule has 186 valence electrons. The molecule has 1 amide bonds. The zero-order valence-electron chi connectivity index (χ0n) is 19.7. The van der Waals surface area contributed by atoms with Gasteiger partial charge in [0.15, 0.2) is 0 Å². The minimum absolute atomic E-state index is 0.0269. The first-order valence-corrected chi connectivity index (χ1v) is 13.2. The van der Waals surface area contributed by atoms with E-state index >= 15 is 0 Å². The lowest BCUT2D eigenvalue weighted by Gasteiger charge is -2.33. The number of aryl methyl sites for hydroxylation is 1. The summed E-state index contributed by atoms with van der Waals surface area (Å²) < 4.78 is 45.5. The molecular weight excluding hydrogens is 458 g/mol. The van der Waals surface area contributed by atoms with Gasteiger partial charge in [0.1, 0.15) is 22.2 Å². The average molecular weight is 492 g/mol. The Kier molecular flexibility index (Phi) is 7.92. The van der Waals surface area contributed by atoms with Gasteiger partial charge in [0, 0.05) is 31.2 Å². The number of hydrogen-bond acceptors (Lipinski definition) is 7. The molecule has 0 unspecified atom stereocenters. The maximum atomic E-state index is 13.1. The molecule has 9 nitrogen and oxygen atoms in total. The number of carbonyl (C=O) groups excluding carboxylic acids is 1. The van der Waals surface area contributed by atoms with E-state index in [9.17, 15) is 13.2 Å². The molecule has 1 saturated heterocycles. The second-order valence-electron chi connectivity index (χ2n) is 8.79. The lowest BCUT2D eigenvalue weighted by atomic mass is 10.1. The van der Waals surface area contributed by atoms with E-state index in [4.69, 9.17) is 13.9 Å². The first-order valence-electron chi connectivity index (χ1n) is 11.7. The molecule has 2 fully saturated rings. The quantitative estimate of drug-likeness (QED) is 0.555. The number of morpholine rings is 1. The van der Waals surface area contributed by atoms with Gasteiger partial charge >= 0.3 is 0 Å². The largest absolute Gasteiger partial charge is 0.495 e. The van der Waals surface area contributed by atoms with Crippen molar-refractivity contribution in [3.8, 4) is 5.75 Å². The molecule has 2 heterocycles. The number of rotatable bonds is 9. The van der Waals surface area contributed by atoms with Crippen molar-refractivity contribution in [2.24, 2.45) is 0 Å². The summed E-state index contributed by atoms with van der Waals surface area (Å²) in [5, 5.41) is 2.96. The van der Waals surface area contributed by atoms with Crippen LogP contribution in [0.2, 0.25) is 0 Å². The molecule has 2 aromatic rings. The smallest absolute Gasteiger partial charge is 0.251 e. The van der Waals surface area contributed by atoms with Gasteiger partial charge in [-0.2, -0.15) is 0 Å². The molecule has 34 heavy (non-hydrogen) atoms. The predicted molar refractivity (Wildman–Crippen MR) is 126 cm³/mol. The summed E-state index contributed by atoms with van der Waals surface area (Å²) in [4.78, 5) is 15.2. The fourth-order valence-electron chi connectivity index (χ4n) is 4.58. The summed E-state index contributed by atoms with van der Waals surface area (Å²) in [6.45, 7) is 4.92. The summed E-state index contributed by atoms with van der Waals surface area (Å²) in [5.41, 5.74) is 0.254. The van der Waals surface area contributed by atoms with Crippen molar-refractivity contribution in [1.82, 2.24) is 14.9 Å². The highest BCUT2D eigenvalue weighted by molar-refractivity contribution is 7.89. The van der Waals surface area contributed by atoms with Gasteiger partial charge in [0.05, 0.1) is 26.4 Å². The van der Waals surface area contributed by atoms with Crippen LogP contribution < -0.4 is 14.8 Å². The maximum Gasteiger partial charge on any atom is 0.251 e. The highest BCUT2D eigenvalue weighted by Gasteiger charge is 2.28. The summed E-state index contributed by atoms with van der Waals surface area (Å²) in [6, 6.07) is 8.07. The summed E-state index contributed by atoms with van der Waals surface area (Å²) in [5.74, 6) is 1.43. The summed E-state index contributed by atoms with van der Waals surface area (Å²) >= 11 is 0. The Morgan fingerprint density at radius 1 is 1.18 bits per heavy atom. The third-order valence-electron chi connectivity index (χ3n) is 6.42. The molecule has 4 rings (SSSR count). The van der Waals surface area contributed by atoms with E-state index in [1.54, 1.807) is 6.07 Å². The molecule has 2 aliphatic rings. The minimum atomic E-state index is -3.82. The Bertz CT molecular complexity index is 1090. The van der Waals surface area contributed by atoms with Crippen molar-refractivity contribution < 1.29 is 27.1 Å². The van der Waals surface area contributed by atoms with Crippen molar-refractivity contribution in [1.29, 1.82) is 0 Å². The molecule has 1 aliphatic carbocycles. The van der Waals surface area contributed by atoms with Crippen LogP contribution in [0.1, 0.15) is 53.6 Å². The molecule has 1 aromatic carbocycles. The number of methoxy groups -OCH3 is 1. The third kappa shape index (κ3) is 5.80. The van der Waals surface area contributed by atoms with Gasteiger partial charge < -0.3 is 19.2 Å². The molecule has 0 radical (unpaired) electrons. The monoisotopic (exact) mass is 491 g/mol. The van der Waals surface area contributed by atoms with Crippen LogP contribution in [0.15, 0.2) is 39.6 Å². The van der Waals surface area contributed by atoms with E-state index in [0.29, 0.717) is 19.8 Å². The highest BCUT2D eigenvalue weighted by Crippen LogP contribution is 2.28. The fourth-order valence-corrected chi connectivity index (χ4v) is 6.08. The van der Waals surface area contributed by atoms with Crippen molar-refractivity contribution in [2.45, 2.75) is 49.6 Å². The second kappa shape index (κ2) is 10.9. The third-order valence-corrected chi connectivity index (χ3v) is 7.97. The van der Waals surface area contributed by atoms with Crippen LogP contribution in [0, 0.1) is 6.92 Å². The topological polar surface area (TPSA) is 110 Å². The van der Waals surface area contributed by atoms with Crippen LogP contribution in [-0.4, -0.2) is 65.2 Å². The van der Waals surface area contributed by atoms with Crippen LogP contribution in [0.4, 0.5) is 0 Å². The van der Waals surface area contributed by atoms with E-state index in [1.165, 1.54) is 19.2 Å². The average Bonchev–Trinajstić information content (AvgIpc) is 3.51. The van der Waals surface area contributed by atoms with Crippen molar-refractivity contribution in [3.05, 3.63) is 47.4 Å². The SMILES string of the molecule is COc1ccc(C(=O)NC[C@@H](c2ccc(C)o2)N2CCOCC2)cc1S(=O)(=O)NC1CCCC1. The van der Waals surface area contributed by atoms with Gasteiger partial charge in [-0.15, -0.1) is 0 Å². The van der Waals surface area contributed by atoms with Crippen molar-refractivity contribution in [2.75, 3.05) is 40.0 Å². The first-order chi connectivity index (χ1) is 16.4. The van der Waals surface area contributed by atoms with Gasteiger partial charge in [-0.25, -0.2) is 13.1 Å². The fraction of sp³-hybridized carbons (Fsp3) is 0.542. The summed E-state index contributed by atoms with van der Waals surface area (Å²) in [7, 11) is -2.40. The lowest BCUT2D eigenvalue weighted by molar-refractivity contribution is 0.0117. The van der Waals surface area contributed by atoms with Crippen molar-refractivity contribution >= 4 is 15.9 Å². The van der Waals surface area contributed by atoms with E-state index in [2.05, 4.69) is 14.9 Å². The Labute approximate surface area is 200 Å². The van der Waals surface area contributed by atoms with Gasteiger partial charge in [0.2, 0.25) is 10.0 Å². The Morgan fingerprint density at radius 3 is 2.56 bits per heavy atom. The Hall–Kier alpha value is -2.40. The highest BCUT2D eigenvalue weighted by atomic mass is 32.2. The molecular formula is C24H33N3O6S. The predicted octanol–water partition coefficient (Wildman–Crippen LogP) is 2.62. The van der Waals surface area contributed by atoms with Crippen LogP contribution in [0.3, 0.4) is 0 Å². The van der Waals surface area contributed by atoms with E-state index in [0.717, 1.165) is 50.3 Å². The molecule has 1 saturated carbocycles. The zero-order chi connectivity index (χ0) is 24.1. The number of amides is 1. The van der Waals surface area contributed by atoms with Crippen LogP contribution in [0.5, 0.6) is 5.75 Å². The molecule has 0 bridgehead atoms. The number of benzene rings is 1. The molecule has 1 aromatic heterocycles. The van der Waals surface area contributed by atoms with Crippen LogP contribution in [0.25, 0.3) is 0 Å². The number of hydrogen-bond donors (Lipinski definition) is 2. The number of nitrogens with zero attached hydrogens (tertiary/aromatic N) is 1. The number of ether oxygens (including phenoxy) is 2. The Morgan fingerprint density at radius 2 is 1.91 bits per heavy atom. The number of nitrogens with one attached hydrogen (secondary N) is 2. The van der Waals surface area contributed by atoms with E-state index < -0.39 is 10.0 Å². The molecule has 2 N–H and O–H groups in total. The standard InChI is InChI=1S/C24H33N3O6S/c1-17-7-9-21(33-17)20(27-11-13-32-14-12-27)16-25-24(28)18-8-10-22(31-2)23(15-18)34(29,30)26-19-5-3-4-6-19/h7-10,15,19-20,26H,3-6,11-14,16H2,1-2H3,(H,25,28)/t20-/m0/s1. The Balaban J connectivity index is 1.51. The van der Waals surface area contributed by atoms with Crippen LogP contribution >= 0.6 is 0 Å². The number of sulfonamides is 1. The van der Waals surface area contributed by atoms with Gasteiger partial charge in [-0.3, -0.25) is 9.69 Å². The van der Waals surface area contributed by atoms with E-state index in [1.807, 2.05) is 19.1 Å². The molecule has 0 spiro atoms. The minimum Gasteiger partial charge on any atom is -0.495 e. The lowest BCUT2D eigenvalue weighted by Crippen LogP contribution is -2.43. The second-order valence-corrected chi connectivity index (χ2v) is 10.5. The van der Waals surface area contributed by atoms with Crippen molar-refractivity contribution in [3.63, 3.8) is 0 Å². The van der Waals surface area contributed by atoms with Gasteiger partial charge in [-0.1, -0.05) is 12.8 Å². The van der Waals surface area contributed by atoms with Crippen LogP contribution in [-0.2, 0) is 14.8 Å². The first kappa shape index (κ1) is 24.7. The molecule has 1 aliphatic heterocycles. The number of carbonyl (C=O) groups is 1. The number of furan rings is 1. The van der Waals surface area contributed by atoms with Gasteiger partial charge in [0.25, 0.3) is 5.91 Å². The molecule has 1 atom stereocenters.